The van der Waals surface area contributed by atoms with Crippen LogP contribution in [0.4, 0.5) is 0 Å². The van der Waals surface area contributed by atoms with Crippen LogP contribution >= 0.6 is 38.9 Å². The zero-order valence-electron chi connectivity index (χ0n) is 9.21. The quantitative estimate of drug-likeness (QED) is 0.878. The van der Waals surface area contributed by atoms with Gasteiger partial charge in [0.2, 0.25) is 5.91 Å². The van der Waals surface area contributed by atoms with E-state index in [1.54, 1.807) is 13.8 Å². The van der Waals surface area contributed by atoms with Gasteiger partial charge in [0, 0.05) is 12.0 Å². The zero-order chi connectivity index (χ0) is 13.2. The maximum absolute atomic E-state index is 11.9. The lowest BCUT2D eigenvalue weighted by molar-refractivity contribution is -0.119. The molecular weight excluding hydrogens is 330 g/mol. The number of carbonyl (C=O) groups is 2. The summed E-state index contributed by atoms with van der Waals surface area (Å²) in [6.45, 7) is 3.40. The Balaban J connectivity index is 2.79. The molecule has 1 aromatic rings. The van der Waals surface area contributed by atoms with Crippen molar-refractivity contribution in [1.29, 1.82) is 0 Å². The number of nitrogens with two attached hydrogens (primary N) is 1. The lowest BCUT2D eigenvalue weighted by Crippen LogP contribution is -2.46. The first kappa shape index (κ1) is 14.4. The Morgan fingerprint density at radius 1 is 1.59 bits per heavy atom. The number of halogens is 2. The number of nitrogens with zero attached hydrogens (tertiary/aromatic N) is 1. The molecule has 3 N–H and O–H groups in total. The highest BCUT2D eigenvalue weighted by molar-refractivity contribution is 9.11. The number of primary amides is 1. The molecule has 8 heteroatoms. The van der Waals surface area contributed by atoms with Crippen LogP contribution in [0.25, 0.3) is 0 Å². The molecule has 0 fully saturated rings. The van der Waals surface area contributed by atoms with Crippen LogP contribution < -0.4 is 11.1 Å². The van der Waals surface area contributed by atoms with Crippen molar-refractivity contribution in [2.24, 2.45) is 5.73 Å². The predicted octanol–water partition coefficient (Wildman–Crippen LogP) is 1.94. The van der Waals surface area contributed by atoms with Crippen molar-refractivity contribution in [2.75, 3.05) is 0 Å². The third-order valence-corrected chi connectivity index (χ3v) is 3.55. The van der Waals surface area contributed by atoms with E-state index in [1.807, 2.05) is 0 Å². The van der Waals surface area contributed by atoms with Crippen LogP contribution in [-0.4, -0.2) is 22.3 Å². The lowest BCUT2D eigenvalue weighted by Gasteiger charge is -2.24. The van der Waals surface area contributed by atoms with Crippen molar-refractivity contribution in [2.45, 2.75) is 25.8 Å². The van der Waals surface area contributed by atoms with E-state index in [2.05, 4.69) is 26.2 Å². The highest BCUT2D eigenvalue weighted by Gasteiger charge is 2.26. The van der Waals surface area contributed by atoms with Gasteiger partial charge in [0.1, 0.15) is 4.34 Å². The van der Waals surface area contributed by atoms with Crippen molar-refractivity contribution < 1.29 is 9.59 Å². The SMILES string of the molecule is CC(C)(CC(N)=O)NC(=O)c1nc(Br)sc1Cl. The molecule has 2 amide bonds. The summed E-state index contributed by atoms with van der Waals surface area (Å²) in [5.41, 5.74) is 4.50. The van der Waals surface area contributed by atoms with E-state index in [0.29, 0.717) is 8.25 Å². The molecule has 0 atom stereocenters. The maximum atomic E-state index is 11.9. The molecule has 0 spiro atoms. The van der Waals surface area contributed by atoms with Gasteiger partial charge in [0.05, 0.1) is 0 Å². The molecular formula is C9H11BrClN3O2S. The van der Waals surface area contributed by atoms with Gasteiger partial charge in [-0.05, 0) is 29.8 Å². The minimum absolute atomic E-state index is 0.0433. The fraction of sp³-hybridized carbons (Fsp3) is 0.444. The van der Waals surface area contributed by atoms with Crippen LogP contribution in [-0.2, 0) is 4.79 Å². The third-order valence-electron chi connectivity index (χ3n) is 1.84. The second-order valence-corrected chi connectivity index (χ2v) is 6.95. The van der Waals surface area contributed by atoms with Gasteiger partial charge < -0.3 is 11.1 Å². The van der Waals surface area contributed by atoms with Crippen LogP contribution in [0, 0.1) is 0 Å². The Morgan fingerprint density at radius 2 is 2.18 bits per heavy atom. The Labute approximate surface area is 116 Å². The second-order valence-electron chi connectivity index (χ2n) is 4.07. The Morgan fingerprint density at radius 3 is 2.59 bits per heavy atom. The van der Waals surface area contributed by atoms with Crippen LogP contribution in [0.3, 0.4) is 0 Å². The molecule has 17 heavy (non-hydrogen) atoms. The molecule has 0 unspecified atom stereocenters. The number of thiazole rings is 1. The summed E-state index contributed by atoms with van der Waals surface area (Å²) in [5, 5.41) is 2.66. The third kappa shape index (κ3) is 4.25. The van der Waals surface area contributed by atoms with Gasteiger partial charge in [-0.3, -0.25) is 9.59 Å². The molecule has 5 nitrogen and oxygen atoms in total. The van der Waals surface area contributed by atoms with Gasteiger partial charge in [-0.25, -0.2) is 4.98 Å². The normalized spacial score (nSPS) is 11.3. The smallest absolute Gasteiger partial charge is 0.272 e. The van der Waals surface area contributed by atoms with Crippen LogP contribution in [0.5, 0.6) is 0 Å². The molecule has 0 radical (unpaired) electrons. The van der Waals surface area contributed by atoms with E-state index in [-0.39, 0.29) is 12.1 Å². The van der Waals surface area contributed by atoms with Gasteiger partial charge >= 0.3 is 0 Å². The molecule has 0 aliphatic heterocycles. The summed E-state index contributed by atoms with van der Waals surface area (Å²) in [6.07, 6.45) is 0.0433. The molecule has 0 bridgehead atoms. The van der Waals surface area contributed by atoms with E-state index in [0.717, 1.165) is 11.3 Å². The summed E-state index contributed by atoms with van der Waals surface area (Å²) in [5.74, 6) is -0.913. The molecule has 0 saturated carbocycles. The summed E-state index contributed by atoms with van der Waals surface area (Å²) in [7, 11) is 0. The summed E-state index contributed by atoms with van der Waals surface area (Å²) < 4.78 is 0.824. The molecule has 1 rings (SSSR count). The number of amides is 2. The van der Waals surface area contributed by atoms with Crippen LogP contribution in [0.1, 0.15) is 30.8 Å². The highest BCUT2D eigenvalue weighted by atomic mass is 79.9. The molecule has 94 valence electrons. The molecule has 0 saturated heterocycles. The molecule has 0 aromatic carbocycles. The van der Waals surface area contributed by atoms with E-state index in [1.165, 1.54) is 0 Å². The molecule has 0 aliphatic carbocycles. The Bertz CT molecular complexity index is 461. The highest BCUT2D eigenvalue weighted by Crippen LogP contribution is 2.28. The second kappa shape index (κ2) is 5.32. The standard InChI is InChI=1S/C9H11BrClN3O2S/c1-9(2,3-4(12)15)14-7(16)5-6(11)17-8(10)13-5/h3H2,1-2H3,(H2,12,15)(H,14,16). The topological polar surface area (TPSA) is 85.1 Å². The van der Waals surface area contributed by atoms with Gasteiger partial charge in [0.15, 0.2) is 9.61 Å². The van der Waals surface area contributed by atoms with Gasteiger partial charge in [-0.1, -0.05) is 22.9 Å². The van der Waals surface area contributed by atoms with Crippen molar-refractivity contribution in [3.8, 4) is 0 Å². The number of carbonyl (C=O) groups excluding carboxylic acids is 2. The summed E-state index contributed by atoms with van der Waals surface area (Å²) in [6, 6.07) is 0. The molecule has 1 aromatic heterocycles. The van der Waals surface area contributed by atoms with Crippen molar-refractivity contribution in [3.63, 3.8) is 0 Å². The monoisotopic (exact) mass is 339 g/mol. The largest absolute Gasteiger partial charge is 0.370 e. The van der Waals surface area contributed by atoms with E-state index in [9.17, 15) is 9.59 Å². The Kier molecular flexibility index (Phi) is 4.51. The predicted molar refractivity (Wildman–Crippen MR) is 70.2 cm³/mol. The minimum Gasteiger partial charge on any atom is -0.370 e. The summed E-state index contributed by atoms with van der Waals surface area (Å²) >= 11 is 10.1. The van der Waals surface area contributed by atoms with Crippen molar-refractivity contribution in [1.82, 2.24) is 10.3 Å². The average molecular weight is 341 g/mol. The number of hydrogen-bond donors (Lipinski definition) is 2. The van der Waals surface area contributed by atoms with Crippen LogP contribution in [0.2, 0.25) is 4.34 Å². The van der Waals surface area contributed by atoms with Crippen molar-refractivity contribution in [3.05, 3.63) is 13.9 Å². The van der Waals surface area contributed by atoms with Gasteiger partial charge in [0.25, 0.3) is 5.91 Å². The first-order chi connectivity index (χ1) is 7.71. The summed E-state index contributed by atoms with van der Waals surface area (Å²) in [4.78, 5) is 26.6. The van der Waals surface area contributed by atoms with Crippen LogP contribution in [0.15, 0.2) is 3.92 Å². The number of rotatable bonds is 4. The number of aromatic nitrogens is 1. The Hall–Kier alpha value is -0.660. The zero-order valence-corrected chi connectivity index (χ0v) is 12.4. The van der Waals surface area contributed by atoms with Gasteiger partial charge in [-0.2, -0.15) is 0 Å². The minimum atomic E-state index is -0.734. The van der Waals surface area contributed by atoms with E-state index in [4.69, 9.17) is 17.3 Å². The van der Waals surface area contributed by atoms with Crippen molar-refractivity contribution >= 4 is 50.7 Å². The number of nitrogens with one attached hydrogen (secondary N) is 1. The first-order valence-corrected chi connectivity index (χ1v) is 6.62. The average Bonchev–Trinajstić information content (AvgIpc) is 2.41. The van der Waals surface area contributed by atoms with E-state index >= 15 is 0 Å². The van der Waals surface area contributed by atoms with Gasteiger partial charge in [-0.15, -0.1) is 0 Å². The molecule has 1 heterocycles. The van der Waals surface area contributed by atoms with E-state index < -0.39 is 17.4 Å². The fourth-order valence-corrected chi connectivity index (χ4v) is 3.07. The maximum Gasteiger partial charge on any atom is 0.272 e. The molecule has 0 aliphatic rings. The first-order valence-electron chi connectivity index (χ1n) is 4.64. The lowest BCUT2D eigenvalue weighted by atomic mass is 10.0. The number of hydrogen-bond acceptors (Lipinski definition) is 4. The fourth-order valence-electron chi connectivity index (χ4n) is 1.26.